The second kappa shape index (κ2) is 10.5. The number of halogens is 3. The molecule has 4 amide bonds. The van der Waals surface area contributed by atoms with Crippen molar-refractivity contribution < 1.29 is 32.3 Å². The first kappa shape index (κ1) is 25.6. The summed E-state index contributed by atoms with van der Waals surface area (Å²) in [5.41, 5.74) is 0.0393. The summed E-state index contributed by atoms with van der Waals surface area (Å²) in [5.74, 6) is -0.617. The number of anilines is 2. The van der Waals surface area contributed by atoms with Crippen LogP contribution in [0.2, 0.25) is 0 Å². The fourth-order valence-electron chi connectivity index (χ4n) is 3.82. The molecule has 0 aliphatic carbocycles. The van der Waals surface area contributed by atoms with Gasteiger partial charge in [0.15, 0.2) is 0 Å². The Morgan fingerprint density at radius 1 is 1.11 bits per heavy atom. The van der Waals surface area contributed by atoms with Gasteiger partial charge in [-0.2, -0.15) is 13.2 Å². The van der Waals surface area contributed by atoms with Gasteiger partial charge in [0, 0.05) is 17.9 Å². The van der Waals surface area contributed by atoms with Crippen LogP contribution >= 0.6 is 0 Å². The molecule has 0 fully saturated rings. The Labute approximate surface area is 200 Å². The fourth-order valence-corrected chi connectivity index (χ4v) is 3.82. The normalized spacial score (nSPS) is 16.0. The highest BCUT2D eigenvalue weighted by molar-refractivity contribution is 6.00. The molecule has 0 saturated heterocycles. The molecule has 0 radical (unpaired) electrons. The molecule has 1 aliphatic rings. The molecule has 3 N–H and O–H groups in total. The molecule has 8 nitrogen and oxygen atoms in total. The Balaban J connectivity index is 1.87. The third-order valence-corrected chi connectivity index (χ3v) is 5.41. The minimum Gasteiger partial charge on any atom is -0.466 e. The fraction of sp³-hybridized carbons (Fsp3) is 0.292. The average molecular weight is 490 g/mol. The van der Waals surface area contributed by atoms with Crippen molar-refractivity contribution in [2.75, 3.05) is 24.3 Å². The number of esters is 1. The van der Waals surface area contributed by atoms with Gasteiger partial charge in [0.05, 0.1) is 30.0 Å². The van der Waals surface area contributed by atoms with Crippen molar-refractivity contribution in [2.45, 2.75) is 32.5 Å². The molecule has 1 unspecified atom stereocenters. The number of ether oxygens (including phenoxy) is 1. The number of rotatable bonds is 6. The third kappa shape index (κ3) is 5.73. The molecule has 0 saturated carbocycles. The molecule has 2 aromatic rings. The molecular formula is C24H25F3N4O4. The first-order chi connectivity index (χ1) is 16.6. The van der Waals surface area contributed by atoms with Crippen LogP contribution in [0.5, 0.6) is 0 Å². The number of methoxy groups -OCH3 is 1. The Morgan fingerprint density at radius 3 is 2.49 bits per heavy atom. The highest BCUT2D eigenvalue weighted by atomic mass is 19.4. The predicted molar refractivity (Wildman–Crippen MR) is 124 cm³/mol. The third-order valence-electron chi connectivity index (χ3n) is 5.41. The van der Waals surface area contributed by atoms with Gasteiger partial charge in [-0.25, -0.2) is 14.4 Å². The van der Waals surface area contributed by atoms with Crippen LogP contribution < -0.4 is 16.0 Å². The van der Waals surface area contributed by atoms with E-state index in [9.17, 15) is 27.6 Å². The number of nitrogens with zero attached hydrogens (tertiary/aromatic N) is 1. The molecule has 3 rings (SSSR count). The van der Waals surface area contributed by atoms with Crippen LogP contribution in [-0.4, -0.2) is 36.6 Å². The first-order valence-electron chi connectivity index (χ1n) is 10.8. The van der Waals surface area contributed by atoms with Crippen molar-refractivity contribution >= 4 is 29.4 Å². The molecule has 0 aromatic heterocycles. The number of allylic oxidation sites excluding steroid dienone is 1. The molecule has 0 bridgehead atoms. The van der Waals surface area contributed by atoms with Crippen molar-refractivity contribution in [1.29, 1.82) is 0 Å². The van der Waals surface area contributed by atoms with Crippen LogP contribution in [0, 0.1) is 0 Å². The van der Waals surface area contributed by atoms with Gasteiger partial charge in [-0.3, -0.25) is 4.90 Å². The van der Waals surface area contributed by atoms with E-state index in [-0.39, 0.29) is 17.3 Å². The van der Waals surface area contributed by atoms with Gasteiger partial charge >= 0.3 is 24.2 Å². The van der Waals surface area contributed by atoms with Gasteiger partial charge in [-0.15, -0.1) is 0 Å². The monoisotopic (exact) mass is 490 g/mol. The van der Waals surface area contributed by atoms with E-state index in [1.54, 1.807) is 19.1 Å². The van der Waals surface area contributed by atoms with Crippen LogP contribution in [0.3, 0.4) is 0 Å². The second-order valence-electron chi connectivity index (χ2n) is 7.77. The summed E-state index contributed by atoms with van der Waals surface area (Å²) in [5, 5.41) is 7.47. The van der Waals surface area contributed by atoms with E-state index in [1.807, 2.05) is 6.92 Å². The number of hydrogen-bond donors (Lipinski definition) is 3. The summed E-state index contributed by atoms with van der Waals surface area (Å²) in [7, 11) is 1.24. The van der Waals surface area contributed by atoms with E-state index in [0.717, 1.165) is 12.1 Å². The molecule has 35 heavy (non-hydrogen) atoms. The minimum absolute atomic E-state index is 0.237. The van der Waals surface area contributed by atoms with Gasteiger partial charge in [0.25, 0.3) is 0 Å². The maximum atomic E-state index is 13.2. The molecule has 1 atom stereocenters. The van der Waals surface area contributed by atoms with Crippen molar-refractivity contribution in [1.82, 2.24) is 10.2 Å². The van der Waals surface area contributed by atoms with Crippen LogP contribution in [0.25, 0.3) is 0 Å². The Kier molecular flexibility index (Phi) is 7.68. The number of carbonyl (C=O) groups excluding carboxylic acids is 3. The largest absolute Gasteiger partial charge is 0.466 e. The van der Waals surface area contributed by atoms with Crippen molar-refractivity contribution in [3.05, 3.63) is 70.9 Å². The highest BCUT2D eigenvalue weighted by Gasteiger charge is 2.36. The lowest BCUT2D eigenvalue weighted by Gasteiger charge is -2.35. The summed E-state index contributed by atoms with van der Waals surface area (Å²) >= 11 is 0. The SMILES string of the molecule is CCCN1C(=O)NC(c2cccc(NC(=O)Nc3ccccc3C(F)(F)F)c2)C(C(=O)OC)=C1C. The van der Waals surface area contributed by atoms with E-state index in [1.165, 1.54) is 36.3 Å². The number of carbonyl (C=O) groups is 3. The zero-order chi connectivity index (χ0) is 25.8. The van der Waals surface area contributed by atoms with Gasteiger partial charge in [-0.1, -0.05) is 31.2 Å². The van der Waals surface area contributed by atoms with E-state index in [4.69, 9.17) is 4.74 Å². The van der Waals surface area contributed by atoms with E-state index in [0.29, 0.717) is 24.2 Å². The Bertz CT molecular complexity index is 1160. The van der Waals surface area contributed by atoms with E-state index < -0.39 is 35.5 Å². The molecule has 186 valence electrons. The van der Waals surface area contributed by atoms with E-state index >= 15 is 0 Å². The summed E-state index contributed by atoms with van der Waals surface area (Å²) < 4.78 is 44.5. The summed E-state index contributed by atoms with van der Waals surface area (Å²) in [6.07, 6.45) is -3.96. The summed E-state index contributed by atoms with van der Waals surface area (Å²) in [6.45, 7) is 3.96. The van der Waals surface area contributed by atoms with Crippen molar-refractivity contribution in [3.63, 3.8) is 0 Å². The van der Waals surface area contributed by atoms with Crippen LogP contribution in [0.1, 0.15) is 37.4 Å². The smallest absolute Gasteiger partial charge is 0.418 e. The number of para-hydroxylation sites is 1. The van der Waals surface area contributed by atoms with Crippen molar-refractivity contribution in [3.8, 4) is 0 Å². The zero-order valence-corrected chi connectivity index (χ0v) is 19.3. The number of urea groups is 2. The summed E-state index contributed by atoms with van der Waals surface area (Å²) in [6, 6.07) is 8.78. The predicted octanol–water partition coefficient (Wildman–Crippen LogP) is 5.27. The zero-order valence-electron chi connectivity index (χ0n) is 19.3. The lowest BCUT2D eigenvalue weighted by atomic mass is 9.94. The Hall–Kier alpha value is -4.02. The Morgan fingerprint density at radius 2 is 1.83 bits per heavy atom. The van der Waals surface area contributed by atoms with Crippen molar-refractivity contribution in [2.24, 2.45) is 0 Å². The quantitative estimate of drug-likeness (QED) is 0.480. The molecule has 1 heterocycles. The second-order valence-corrected chi connectivity index (χ2v) is 7.77. The van der Waals surface area contributed by atoms with Crippen LogP contribution in [-0.2, 0) is 15.7 Å². The highest BCUT2D eigenvalue weighted by Crippen LogP contribution is 2.35. The number of nitrogens with one attached hydrogen (secondary N) is 3. The number of alkyl halides is 3. The maximum absolute atomic E-state index is 13.2. The van der Waals surface area contributed by atoms with Crippen LogP contribution in [0.4, 0.5) is 34.1 Å². The maximum Gasteiger partial charge on any atom is 0.418 e. The van der Waals surface area contributed by atoms with E-state index in [2.05, 4.69) is 16.0 Å². The lowest BCUT2D eigenvalue weighted by Crippen LogP contribution is -2.48. The lowest BCUT2D eigenvalue weighted by molar-refractivity contribution is -0.137. The molecule has 0 spiro atoms. The molecule has 11 heteroatoms. The van der Waals surface area contributed by atoms with Gasteiger partial charge in [0.1, 0.15) is 0 Å². The standard InChI is InChI=1S/C24H25F3N4O4/c1-4-12-31-14(2)19(21(32)35-3)20(30-23(31)34)15-8-7-9-16(13-15)28-22(33)29-18-11-6-5-10-17(18)24(25,26)27/h5-11,13,20H,4,12H2,1-3H3,(H,30,34)(H2,28,29,33). The topological polar surface area (TPSA) is 99.8 Å². The number of hydrogen-bond acceptors (Lipinski definition) is 4. The molecular weight excluding hydrogens is 465 g/mol. The van der Waals surface area contributed by atoms with Gasteiger partial charge < -0.3 is 20.7 Å². The number of benzene rings is 2. The average Bonchev–Trinajstić information content (AvgIpc) is 2.80. The number of amides is 4. The summed E-state index contributed by atoms with van der Waals surface area (Å²) in [4.78, 5) is 39.1. The minimum atomic E-state index is -4.64. The molecule has 2 aromatic carbocycles. The van der Waals surface area contributed by atoms with Gasteiger partial charge in [-0.05, 0) is 43.2 Å². The first-order valence-corrected chi connectivity index (χ1v) is 10.8. The van der Waals surface area contributed by atoms with Crippen LogP contribution in [0.15, 0.2) is 59.8 Å². The molecule has 1 aliphatic heterocycles. The van der Waals surface area contributed by atoms with Gasteiger partial charge in [0.2, 0.25) is 0 Å².